The maximum absolute atomic E-state index is 12.3. The van der Waals surface area contributed by atoms with Crippen LogP contribution in [-0.2, 0) is 16.1 Å². The third-order valence-corrected chi connectivity index (χ3v) is 4.35. The van der Waals surface area contributed by atoms with E-state index in [1.807, 2.05) is 31.2 Å². The van der Waals surface area contributed by atoms with Crippen molar-refractivity contribution < 1.29 is 14.3 Å². The first kappa shape index (κ1) is 19.8. The number of ether oxygens (including phenoxy) is 1. The number of benzene rings is 2. The largest absolute Gasteiger partial charge is 0.495 e. The van der Waals surface area contributed by atoms with Crippen LogP contribution in [0.25, 0.3) is 0 Å². The molecular weight excluding hydrogens is 352 g/mol. The summed E-state index contributed by atoms with van der Waals surface area (Å²) in [6, 6.07) is 12.9. The Balaban J connectivity index is 1.98. The molecule has 0 aliphatic rings. The number of halogens is 1. The van der Waals surface area contributed by atoms with Crippen LogP contribution >= 0.6 is 11.6 Å². The van der Waals surface area contributed by atoms with E-state index in [-0.39, 0.29) is 18.2 Å². The molecule has 26 heavy (non-hydrogen) atoms. The lowest BCUT2D eigenvalue weighted by Gasteiger charge is -2.22. The van der Waals surface area contributed by atoms with Crippen molar-refractivity contribution in [3.8, 4) is 5.75 Å². The van der Waals surface area contributed by atoms with E-state index >= 15 is 0 Å². The molecule has 0 heterocycles. The van der Waals surface area contributed by atoms with Gasteiger partial charge >= 0.3 is 0 Å². The van der Waals surface area contributed by atoms with Crippen LogP contribution in [-0.4, -0.2) is 30.4 Å². The highest BCUT2D eigenvalue weighted by Gasteiger charge is 2.14. The number of methoxy groups -OCH3 is 1. The van der Waals surface area contributed by atoms with Crippen LogP contribution < -0.4 is 10.1 Å². The van der Waals surface area contributed by atoms with Gasteiger partial charge in [-0.15, -0.1) is 0 Å². The smallest absolute Gasteiger partial charge is 0.226 e. The zero-order chi connectivity index (χ0) is 19.1. The Morgan fingerprint density at radius 3 is 2.58 bits per heavy atom. The van der Waals surface area contributed by atoms with E-state index in [0.717, 1.165) is 11.1 Å². The molecule has 2 rings (SSSR count). The van der Waals surface area contributed by atoms with Gasteiger partial charge in [-0.05, 0) is 36.2 Å². The maximum Gasteiger partial charge on any atom is 0.226 e. The van der Waals surface area contributed by atoms with Gasteiger partial charge in [0.2, 0.25) is 11.8 Å². The highest BCUT2D eigenvalue weighted by molar-refractivity contribution is 6.31. The van der Waals surface area contributed by atoms with Crippen molar-refractivity contribution in [2.45, 2.75) is 26.8 Å². The lowest BCUT2D eigenvalue weighted by molar-refractivity contribution is -0.129. The summed E-state index contributed by atoms with van der Waals surface area (Å²) in [5.74, 6) is 0.258. The number of hydrogen-bond donors (Lipinski definition) is 1. The number of hydrogen-bond acceptors (Lipinski definition) is 3. The average Bonchev–Trinajstić information content (AvgIpc) is 2.60. The van der Waals surface area contributed by atoms with Crippen molar-refractivity contribution in [3.63, 3.8) is 0 Å². The van der Waals surface area contributed by atoms with Crippen LogP contribution in [0.2, 0.25) is 5.02 Å². The maximum atomic E-state index is 12.3. The van der Waals surface area contributed by atoms with Crippen LogP contribution in [0, 0.1) is 6.92 Å². The number of rotatable bonds is 7. The molecule has 0 aliphatic carbocycles. The minimum Gasteiger partial charge on any atom is -0.495 e. The normalized spacial score (nSPS) is 10.3. The van der Waals surface area contributed by atoms with Gasteiger partial charge in [-0.2, -0.15) is 0 Å². The molecule has 0 saturated heterocycles. The molecule has 0 radical (unpaired) electrons. The molecule has 5 nitrogen and oxygen atoms in total. The van der Waals surface area contributed by atoms with Crippen molar-refractivity contribution >= 4 is 29.1 Å². The van der Waals surface area contributed by atoms with E-state index in [0.29, 0.717) is 29.5 Å². The second kappa shape index (κ2) is 9.25. The van der Waals surface area contributed by atoms with E-state index in [4.69, 9.17) is 16.3 Å². The third kappa shape index (κ3) is 5.49. The number of amides is 2. The van der Waals surface area contributed by atoms with Gasteiger partial charge in [0.25, 0.3) is 0 Å². The van der Waals surface area contributed by atoms with Gasteiger partial charge in [0, 0.05) is 31.5 Å². The molecule has 138 valence electrons. The topological polar surface area (TPSA) is 58.6 Å². The van der Waals surface area contributed by atoms with Gasteiger partial charge in [-0.3, -0.25) is 9.59 Å². The van der Waals surface area contributed by atoms with Gasteiger partial charge in [0.05, 0.1) is 12.8 Å². The number of nitrogens with one attached hydrogen (secondary N) is 1. The van der Waals surface area contributed by atoms with Crippen molar-refractivity contribution in [3.05, 3.63) is 58.6 Å². The molecule has 0 aromatic heterocycles. The van der Waals surface area contributed by atoms with E-state index in [9.17, 15) is 9.59 Å². The predicted octanol–water partition coefficient (Wildman–Crippen LogP) is 4.03. The number of carbonyl (C=O) groups excluding carboxylic acids is 2. The molecule has 2 aromatic carbocycles. The van der Waals surface area contributed by atoms with Gasteiger partial charge in [0.15, 0.2) is 0 Å². The molecule has 0 bridgehead atoms. The zero-order valence-corrected chi connectivity index (χ0v) is 16.0. The Labute approximate surface area is 158 Å². The minimum absolute atomic E-state index is 0.0682. The molecule has 1 N–H and O–H groups in total. The summed E-state index contributed by atoms with van der Waals surface area (Å²) >= 11 is 5.97. The van der Waals surface area contributed by atoms with Crippen LogP contribution in [0.1, 0.15) is 24.5 Å². The standard InChI is InChI=1S/C20H23ClN2O3/c1-14-6-4-5-7-16(14)13-23(15(2)24)11-10-20(25)22-18-12-17(21)8-9-19(18)26-3/h4-9,12H,10-11,13H2,1-3H3,(H,22,25). The quantitative estimate of drug-likeness (QED) is 0.795. The summed E-state index contributed by atoms with van der Waals surface area (Å²) in [5.41, 5.74) is 2.70. The molecule has 0 aliphatic heterocycles. The van der Waals surface area contributed by atoms with Crippen molar-refractivity contribution in [2.75, 3.05) is 19.0 Å². The summed E-state index contributed by atoms with van der Waals surface area (Å²) in [7, 11) is 1.53. The first-order chi connectivity index (χ1) is 12.4. The SMILES string of the molecule is COc1ccc(Cl)cc1NC(=O)CCN(Cc1ccccc1C)C(C)=O. The number of anilines is 1. The third-order valence-electron chi connectivity index (χ3n) is 4.11. The van der Waals surface area contributed by atoms with Crippen LogP contribution in [0.15, 0.2) is 42.5 Å². The Morgan fingerprint density at radius 1 is 1.19 bits per heavy atom. The molecule has 0 unspecified atom stereocenters. The second-order valence-corrected chi connectivity index (χ2v) is 6.45. The van der Waals surface area contributed by atoms with Gasteiger partial charge in [0.1, 0.15) is 5.75 Å². The lowest BCUT2D eigenvalue weighted by atomic mass is 10.1. The highest BCUT2D eigenvalue weighted by Crippen LogP contribution is 2.27. The first-order valence-electron chi connectivity index (χ1n) is 8.34. The minimum atomic E-state index is -0.207. The average molecular weight is 375 g/mol. The molecule has 0 spiro atoms. The van der Waals surface area contributed by atoms with Crippen LogP contribution in [0.4, 0.5) is 5.69 Å². The monoisotopic (exact) mass is 374 g/mol. The molecule has 0 atom stereocenters. The summed E-state index contributed by atoms with van der Waals surface area (Å²) in [4.78, 5) is 25.9. The Bertz CT molecular complexity index is 792. The fourth-order valence-electron chi connectivity index (χ4n) is 2.57. The number of aryl methyl sites for hydroxylation is 1. The van der Waals surface area contributed by atoms with Gasteiger partial charge in [-0.25, -0.2) is 0 Å². The molecule has 0 fully saturated rings. The van der Waals surface area contributed by atoms with E-state index in [2.05, 4.69) is 5.32 Å². The number of nitrogens with zero attached hydrogens (tertiary/aromatic N) is 1. The van der Waals surface area contributed by atoms with E-state index < -0.39 is 0 Å². The molecule has 2 amide bonds. The molecule has 6 heteroatoms. The Hall–Kier alpha value is -2.53. The fourth-order valence-corrected chi connectivity index (χ4v) is 2.74. The van der Waals surface area contributed by atoms with E-state index in [1.165, 1.54) is 14.0 Å². The summed E-state index contributed by atoms with van der Waals surface area (Å²) in [6.45, 7) is 4.33. The van der Waals surface area contributed by atoms with Crippen molar-refractivity contribution in [1.29, 1.82) is 0 Å². The predicted molar refractivity (Wildman–Crippen MR) is 104 cm³/mol. The summed E-state index contributed by atoms with van der Waals surface area (Å²) < 4.78 is 5.22. The Kier molecular flexibility index (Phi) is 7.04. The first-order valence-corrected chi connectivity index (χ1v) is 8.72. The fraction of sp³-hybridized carbons (Fsp3) is 0.300. The van der Waals surface area contributed by atoms with Crippen LogP contribution in [0.5, 0.6) is 5.75 Å². The second-order valence-electron chi connectivity index (χ2n) is 6.01. The van der Waals surface area contributed by atoms with Crippen molar-refractivity contribution in [1.82, 2.24) is 4.90 Å². The van der Waals surface area contributed by atoms with Crippen LogP contribution in [0.3, 0.4) is 0 Å². The lowest BCUT2D eigenvalue weighted by Crippen LogP contribution is -2.31. The molecule has 0 saturated carbocycles. The summed E-state index contributed by atoms with van der Waals surface area (Å²) in [6.07, 6.45) is 0.182. The highest BCUT2D eigenvalue weighted by atomic mass is 35.5. The zero-order valence-electron chi connectivity index (χ0n) is 15.2. The molecule has 2 aromatic rings. The molecular formula is C20H23ClN2O3. The van der Waals surface area contributed by atoms with Crippen molar-refractivity contribution in [2.24, 2.45) is 0 Å². The van der Waals surface area contributed by atoms with Gasteiger partial charge < -0.3 is 15.0 Å². The summed E-state index contributed by atoms with van der Waals surface area (Å²) in [5, 5.41) is 3.29. The Morgan fingerprint density at radius 2 is 1.92 bits per heavy atom. The van der Waals surface area contributed by atoms with Gasteiger partial charge in [-0.1, -0.05) is 35.9 Å². The number of carbonyl (C=O) groups is 2. The van der Waals surface area contributed by atoms with E-state index in [1.54, 1.807) is 23.1 Å².